The normalized spacial score (nSPS) is 17.9. The van der Waals surface area contributed by atoms with Gasteiger partial charge in [0.25, 0.3) is 5.56 Å². The SMILES string of the molecule is COc1cc(N2CCN(C)CC2)ccc1Nc1ncc2nc(C3CCCCC3)c(=O)[nH]c2n1. The Bertz CT molecular complexity index is 1180. The second kappa shape index (κ2) is 9.35. The minimum absolute atomic E-state index is 0.145. The monoisotopic (exact) mass is 449 g/mol. The average molecular weight is 450 g/mol. The van der Waals surface area contributed by atoms with Crippen LogP contribution in [-0.4, -0.2) is 65.2 Å². The number of ether oxygens (including phenoxy) is 1. The second-order valence-corrected chi connectivity index (χ2v) is 9.01. The minimum atomic E-state index is -0.145. The van der Waals surface area contributed by atoms with E-state index in [1.54, 1.807) is 13.3 Å². The molecule has 33 heavy (non-hydrogen) atoms. The van der Waals surface area contributed by atoms with Crippen molar-refractivity contribution in [1.29, 1.82) is 0 Å². The molecule has 0 spiro atoms. The number of H-pyrrole nitrogens is 1. The lowest BCUT2D eigenvalue weighted by atomic mass is 9.87. The first-order valence-corrected chi connectivity index (χ1v) is 11.8. The number of aromatic amines is 1. The van der Waals surface area contributed by atoms with Crippen LogP contribution >= 0.6 is 0 Å². The third-order valence-corrected chi connectivity index (χ3v) is 6.77. The number of piperazine rings is 1. The number of benzene rings is 1. The number of hydrogen-bond acceptors (Lipinski definition) is 8. The van der Waals surface area contributed by atoms with E-state index in [9.17, 15) is 4.79 Å². The highest BCUT2D eigenvalue weighted by molar-refractivity contribution is 5.73. The van der Waals surface area contributed by atoms with Crippen LogP contribution in [0.3, 0.4) is 0 Å². The molecule has 9 nitrogen and oxygen atoms in total. The van der Waals surface area contributed by atoms with E-state index in [4.69, 9.17) is 4.74 Å². The minimum Gasteiger partial charge on any atom is -0.494 e. The van der Waals surface area contributed by atoms with Gasteiger partial charge in [-0.3, -0.25) is 4.79 Å². The predicted molar refractivity (Wildman–Crippen MR) is 130 cm³/mol. The van der Waals surface area contributed by atoms with E-state index in [-0.39, 0.29) is 11.5 Å². The number of rotatable bonds is 5. The number of aromatic nitrogens is 4. The van der Waals surface area contributed by atoms with E-state index < -0.39 is 0 Å². The van der Waals surface area contributed by atoms with Crippen LogP contribution in [0.5, 0.6) is 5.75 Å². The van der Waals surface area contributed by atoms with E-state index >= 15 is 0 Å². The van der Waals surface area contributed by atoms with Gasteiger partial charge in [-0.25, -0.2) is 9.97 Å². The molecule has 1 aromatic carbocycles. The van der Waals surface area contributed by atoms with Gasteiger partial charge in [0.2, 0.25) is 5.95 Å². The van der Waals surface area contributed by atoms with E-state index in [2.05, 4.69) is 48.2 Å². The molecule has 9 heteroatoms. The van der Waals surface area contributed by atoms with Crippen LogP contribution in [-0.2, 0) is 0 Å². The molecular weight excluding hydrogens is 418 g/mol. The van der Waals surface area contributed by atoms with Gasteiger partial charge >= 0.3 is 0 Å². The van der Waals surface area contributed by atoms with Crippen molar-refractivity contribution >= 4 is 28.5 Å². The number of nitrogens with zero attached hydrogens (tertiary/aromatic N) is 5. The Hall–Kier alpha value is -3.20. The van der Waals surface area contributed by atoms with Crippen molar-refractivity contribution in [3.63, 3.8) is 0 Å². The molecule has 174 valence electrons. The van der Waals surface area contributed by atoms with Crippen LogP contribution in [0, 0.1) is 0 Å². The topological polar surface area (TPSA) is 99.3 Å². The summed E-state index contributed by atoms with van der Waals surface area (Å²) in [4.78, 5) is 33.8. The summed E-state index contributed by atoms with van der Waals surface area (Å²) >= 11 is 0. The number of fused-ring (bicyclic) bond motifs is 1. The van der Waals surface area contributed by atoms with Crippen molar-refractivity contribution in [2.24, 2.45) is 0 Å². The maximum absolute atomic E-state index is 12.7. The Morgan fingerprint density at radius 2 is 1.88 bits per heavy atom. The Labute approximate surface area is 193 Å². The first-order valence-electron chi connectivity index (χ1n) is 11.8. The summed E-state index contributed by atoms with van der Waals surface area (Å²) in [6.07, 6.45) is 7.24. The highest BCUT2D eigenvalue weighted by Crippen LogP contribution is 2.32. The predicted octanol–water partition coefficient (Wildman–Crippen LogP) is 3.26. The van der Waals surface area contributed by atoms with Crippen LogP contribution in [0.25, 0.3) is 11.2 Å². The van der Waals surface area contributed by atoms with Gasteiger partial charge < -0.3 is 24.8 Å². The maximum atomic E-state index is 12.7. The Morgan fingerprint density at radius 3 is 2.64 bits per heavy atom. The lowest BCUT2D eigenvalue weighted by Crippen LogP contribution is -2.44. The molecule has 2 fully saturated rings. The summed E-state index contributed by atoms with van der Waals surface area (Å²) in [7, 11) is 3.80. The first-order chi connectivity index (χ1) is 16.1. The van der Waals surface area contributed by atoms with Gasteiger partial charge in [0.1, 0.15) is 17.0 Å². The Kier molecular flexibility index (Phi) is 6.13. The average Bonchev–Trinajstić information content (AvgIpc) is 2.85. The van der Waals surface area contributed by atoms with Crippen molar-refractivity contribution in [2.45, 2.75) is 38.0 Å². The van der Waals surface area contributed by atoms with Crippen molar-refractivity contribution in [3.05, 3.63) is 40.4 Å². The number of anilines is 3. The van der Waals surface area contributed by atoms with Gasteiger partial charge in [-0.15, -0.1) is 0 Å². The summed E-state index contributed by atoms with van der Waals surface area (Å²) in [6.45, 7) is 4.07. The molecule has 5 rings (SSSR count). The highest BCUT2D eigenvalue weighted by Gasteiger charge is 2.21. The highest BCUT2D eigenvalue weighted by atomic mass is 16.5. The molecule has 0 radical (unpaired) electrons. The number of methoxy groups -OCH3 is 1. The van der Waals surface area contributed by atoms with E-state index in [0.717, 1.165) is 69.0 Å². The standard InChI is InChI=1S/C24H31N7O2/c1-30-10-12-31(13-11-30)17-8-9-18(20(14-17)33-2)27-24-25-15-19-22(29-24)28-23(32)21(26-19)16-6-4-3-5-7-16/h8-9,14-16H,3-7,10-13H2,1-2H3,(H2,25,27,28,29,32). The molecule has 2 N–H and O–H groups in total. The van der Waals surface area contributed by atoms with Crippen molar-refractivity contribution in [2.75, 3.05) is 50.6 Å². The van der Waals surface area contributed by atoms with Gasteiger partial charge in [-0.05, 0) is 32.0 Å². The van der Waals surface area contributed by atoms with Crippen molar-refractivity contribution < 1.29 is 4.74 Å². The molecule has 1 saturated carbocycles. The Balaban J connectivity index is 1.37. The van der Waals surface area contributed by atoms with Gasteiger partial charge in [-0.2, -0.15) is 4.98 Å². The molecule has 3 aromatic rings. The molecule has 2 aromatic heterocycles. The van der Waals surface area contributed by atoms with Crippen LogP contribution in [0.1, 0.15) is 43.7 Å². The van der Waals surface area contributed by atoms with Gasteiger partial charge in [0, 0.05) is 43.9 Å². The first kappa shape index (κ1) is 21.6. The summed E-state index contributed by atoms with van der Waals surface area (Å²) in [5.41, 5.74) is 3.42. The van der Waals surface area contributed by atoms with Crippen LogP contribution < -0.4 is 20.5 Å². The fraction of sp³-hybridized carbons (Fsp3) is 0.500. The molecule has 1 aliphatic carbocycles. The van der Waals surface area contributed by atoms with Crippen LogP contribution in [0.4, 0.5) is 17.3 Å². The van der Waals surface area contributed by atoms with Crippen LogP contribution in [0.15, 0.2) is 29.2 Å². The third-order valence-electron chi connectivity index (χ3n) is 6.77. The summed E-state index contributed by atoms with van der Waals surface area (Å²) in [5, 5.41) is 3.23. The molecule has 0 unspecified atom stereocenters. The fourth-order valence-electron chi connectivity index (χ4n) is 4.78. The number of nitrogens with one attached hydrogen (secondary N) is 2. The third kappa shape index (κ3) is 4.64. The molecular formula is C24H31N7O2. The second-order valence-electron chi connectivity index (χ2n) is 9.01. The molecule has 2 aliphatic rings. The van der Waals surface area contributed by atoms with E-state index in [1.807, 2.05) is 12.1 Å². The molecule has 0 bridgehead atoms. The number of likely N-dealkylation sites (N-methyl/N-ethyl adjacent to an activating group) is 1. The smallest absolute Gasteiger partial charge is 0.271 e. The largest absolute Gasteiger partial charge is 0.494 e. The zero-order chi connectivity index (χ0) is 22.8. The molecule has 0 atom stereocenters. The van der Waals surface area contributed by atoms with Crippen molar-refractivity contribution in [1.82, 2.24) is 24.8 Å². The van der Waals surface area contributed by atoms with Gasteiger partial charge in [-0.1, -0.05) is 19.3 Å². The molecule has 0 amide bonds. The summed E-state index contributed by atoms with van der Waals surface area (Å²) in [6, 6.07) is 6.10. The zero-order valence-electron chi connectivity index (χ0n) is 19.3. The Morgan fingerprint density at radius 1 is 1.09 bits per heavy atom. The number of hydrogen-bond donors (Lipinski definition) is 2. The summed E-state index contributed by atoms with van der Waals surface area (Å²) in [5.74, 6) is 1.33. The molecule has 1 aliphatic heterocycles. The zero-order valence-corrected chi connectivity index (χ0v) is 19.3. The van der Waals surface area contributed by atoms with E-state index in [0.29, 0.717) is 22.8 Å². The molecule has 3 heterocycles. The van der Waals surface area contributed by atoms with Crippen LogP contribution in [0.2, 0.25) is 0 Å². The van der Waals surface area contributed by atoms with E-state index in [1.165, 1.54) is 6.42 Å². The molecule has 1 saturated heterocycles. The quantitative estimate of drug-likeness (QED) is 0.612. The van der Waals surface area contributed by atoms with Gasteiger partial charge in [0.15, 0.2) is 5.65 Å². The van der Waals surface area contributed by atoms with Gasteiger partial charge in [0.05, 0.1) is 19.0 Å². The van der Waals surface area contributed by atoms with Crippen molar-refractivity contribution in [3.8, 4) is 5.75 Å². The fourth-order valence-corrected chi connectivity index (χ4v) is 4.78. The lowest BCUT2D eigenvalue weighted by molar-refractivity contribution is 0.312. The lowest BCUT2D eigenvalue weighted by Gasteiger charge is -2.34. The maximum Gasteiger partial charge on any atom is 0.271 e. The summed E-state index contributed by atoms with van der Waals surface area (Å²) < 4.78 is 5.63.